The number of rotatable bonds is 6. The van der Waals surface area contributed by atoms with Crippen molar-refractivity contribution in [1.82, 2.24) is 10.2 Å². The predicted molar refractivity (Wildman–Crippen MR) is 77.7 cm³/mol. The van der Waals surface area contributed by atoms with Crippen LogP contribution in [0.15, 0.2) is 18.2 Å². The summed E-state index contributed by atoms with van der Waals surface area (Å²) < 4.78 is 13.3. The van der Waals surface area contributed by atoms with E-state index in [0.717, 1.165) is 12.1 Å². The minimum absolute atomic E-state index is 0.0764. The second kappa shape index (κ2) is 7.12. The molecule has 0 spiro atoms. The topological polar surface area (TPSA) is 75.5 Å². The Morgan fingerprint density at radius 1 is 1.43 bits per heavy atom. The maximum Gasteiger partial charge on any atom is 0.305 e. The Bertz CT molecular complexity index is 532. The molecule has 21 heavy (non-hydrogen) atoms. The van der Waals surface area contributed by atoms with Gasteiger partial charge in [-0.15, -0.1) is 0 Å². The van der Waals surface area contributed by atoms with Gasteiger partial charge in [-0.2, -0.15) is 4.39 Å². The molecule has 0 aliphatic heterocycles. The molecule has 6 nitrogen and oxygen atoms in total. The van der Waals surface area contributed by atoms with E-state index in [1.54, 1.807) is 0 Å². The third-order valence-electron chi connectivity index (χ3n) is 3.09. The van der Waals surface area contributed by atoms with Crippen LogP contribution in [0.2, 0.25) is 0 Å². The summed E-state index contributed by atoms with van der Waals surface area (Å²) in [6.07, 6.45) is 0. The monoisotopic (exact) mass is 297 g/mol. The van der Waals surface area contributed by atoms with Gasteiger partial charge in [-0.05, 0) is 32.1 Å². The summed E-state index contributed by atoms with van der Waals surface area (Å²) >= 11 is 0. The molecular weight excluding hydrogens is 277 g/mol. The Labute approximate surface area is 123 Å². The Morgan fingerprint density at radius 3 is 2.52 bits per heavy atom. The molecule has 1 rings (SSSR count). The van der Waals surface area contributed by atoms with Crippen LogP contribution in [0.5, 0.6) is 0 Å². The Hall–Kier alpha value is -2.02. The van der Waals surface area contributed by atoms with Crippen molar-refractivity contribution in [2.24, 2.45) is 5.92 Å². The average molecular weight is 297 g/mol. The minimum Gasteiger partial charge on any atom is -0.348 e. The fourth-order valence-electron chi connectivity index (χ4n) is 1.86. The van der Waals surface area contributed by atoms with Crippen LogP contribution >= 0.6 is 0 Å². The molecule has 0 saturated carbocycles. The molecule has 1 aromatic carbocycles. The first-order valence-electron chi connectivity index (χ1n) is 6.62. The molecule has 1 atom stereocenters. The number of carbonyl (C=O) groups excluding carboxylic acids is 1. The molecule has 0 heterocycles. The van der Waals surface area contributed by atoms with Gasteiger partial charge < -0.3 is 10.2 Å². The lowest BCUT2D eigenvalue weighted by atomic mass is 10.0. The van der Waals surface area contributed by atoms with E-state index in [0.29, 0.717) is 6.54 Å². The van der Waals surface area contributed by atoms with Gasteiger partial charge in [0.05, 0.1) is 4.92 Å². The van der Waals surface area contributed by atoms with Crippen molar-refractivity contribution in [1.29, 1.82) is 0 Å². The molecule has 1 amide bonds. The quantitative estimate of drug-likeness (QED) is 0.644. The average Bonchev–Trinajstić information content (AvgIpc) is 2.37. The molecular formula is C14H20FN3O3. The van der Waals surface area contributed by atoms with Crippen LogP contribution in [0.25, 0.3) is 0 Å². The van der Waals surface area contributed by atoms with Crippen LogP contribution in [0.1, 0.15) is 24.2 Å². The highest BCUT2D eigenvalue weighted by Crippen LogP contribution is 2.18. The normalized spacial score (nSPS) is 12.5. The van der Waals surface area contributed by atoms with E-state index in [4.69, 9.17) is 0 Å². The van der Waals surface area contributed by atoms with Gasteiger partial charge in [-0.1, -0.05) is 13.8 Å². The number of carbonyl (C=O) groups is 1. The van der Waals surface area contributed by atoms with Crippen molar-refractivity contribution >= 4 is 11.6 Å². The van der Waals surface area contributed by atoms with Crippen LogP contribution in [0.3, 0.4) is 0 Å². The van der Waals surface area contributed by atoms with E-state index in [-0.39, 0.29) is 17.5 Å². The highest BCUT2D eigenvalue weighted by atomic mass is 19.1. The zero-order chi connectivity index (χ0) is 16.2. The van der Waals surface area contributed by atoms with Crippen LogP contribution in [0, 0.1) is 21.8 Å². The molecule has 0 aromatic heterocycles. The molecule has 0 aliphatic carbocycles. The van der Waals surface area contributed by atoms with Gasteiger partial charge in [0, 0.05) is 24.2 Å². The SMILES string of the molecule is CC(C)C(CN(C)C)NC(=O)c1ccc(F)c([N+](=O)[O-])c1. The zero-order valence-corrected chi connectivity index (χ0v) is 12.6. The van der Waals surface area contributed by atoms with E-state index in [2.05, 4.69) is 5.32 Å². The molecule has 0 saturated heterocycles. The van der Waals surface area contributed by atoms with Crippen LogP contribution in [-0.2, 0) is 0 Å². The second-order valence-electron chi connectivity index (χ2n) is 5.51. The fraction of sp³-hybridized carbons (Fsp3) is 0.500. The summed E-state index contributed by atoms with van der Waals surface area (Å²) in [5.74, 6) is -1.20. The number of hydrogen-bond donors (Lipinski definition) is 1. The smallest absolute Gasteiger partial charge is 0.305 e. The third kappa shape index (κ3) is 4.78. The Morgan fingerprint density at radius 2 is 2.05 bits per heavy atom. The van der Waals surface area contributed by atoms with E-state index in [9.17, 15) is 19.3 Å². The first-order chi connectivity index (χ1) is 9.72. The zero-order valence-electron chi connectivity index (χ0n) is 12.6. The molecule has 1 aromatic rings. The molecule has 116 valence electrons. The number of halogens is 1. The highest BCUT2D eigenvalue weighted by Gasteiger charge is 2.21. The summed E-state index contributed by atoms with van der Waals surface area (Å²) in [6.45, 7) is 4.59. The van der Waals surface area contributed by atoms with Crippen molar-refractivity contribution in [2.75, 3.05) is 20.6 Å². The number of amides is 1. The first-order valence-corrected chi connectivity index (χ1v) is 6.62. The number of likely N-dealkylation sites (N-methyl/N-ethyl adjacent to an activating group) is 1. The number of nitro benzene ring substituents is 1. The van der Waals surface area contributed by atoms with Crippen LogP contribution < -0.4 is 5.32 Å². The van der Waals surface area contributed by atoms with Gasteiger partial charge in [0.2, 0.25) is 5.82 Å². The van der Waals surface area contributed by atoms with Gasteiger partial charge in [-0.3, -0.25) is 14.9 Å². The standard InChI is InChI=1S/C14H20FN3O3/c1-9(2)12(8-17(3)4)16-14(19)10-5-6-11(15)13(7-10)18(20)21/h5-7,9,12H,8H2,1-4H3,(H,16,19). The largest absolute Gasteiger partial charge is 0.348 e. The van der Waals surface area contributed by atoms with Gasteiger partial charge >= 0.3 is 5.69 Å². The summed E-state index contributed by atoms with van der Waals surface area (Å²) in [7, 11) is 3.79. The van der Waals surface area contributed by atoms with Gasteiger partial charge in [0.25, 0.3) is 5.91 Å². The molecule has 1 N–H and O–H groups in total. The maximum absolute atomic E-state index is 13.3. The van der Waals surface area contributed by atoms with Gasteiger partial charge in [-0.25, -0.2) is 0 Å². The van der Waals surface area contributed by atoms with Crippen molar-refractivity contribution in [3.63, 3.8) is 0 Å². The maximum atomic E-state index is 13.3. The predicted octanol–water partition coefficient (Wildman–Crippen LogP) is 2.05. The third-order valence-corrected chi connectivity index (χ3v) is 3.09. The molecule has 1 unspecified atom stereocenters. The Balaban J connectivity index is 2.92. The second-order valence-corrected chi connectivity index (χ2v) is 5.51. The fourth-order valence-corrected chi connectivity index (χ4v) is 1.86. The Kier molecular flexibility index (Phi) is 5.78. The van der Waals surface area contributed by atoms with Gasteiger partial charge in [0.15, 0.2) is 0 Å². The van der Waals surface area contributed by atoms with Crippen LogP contribution in [0.4, 0.5) is 10.1 Å². The molecule has 0 aliphatic rings. The molecule has 0 radical (unpaired) electrons. The number of nitrogens with one attached hydrogen (secondary N) is 1. The summed E-state index contributed by atoms with van der Waals surface area (Å²) in [6, 6.07) is 3.03. The lowest BCUT2D eigenvalue weighted by Crippen LogP contribution is -2.45. The minimum atomic E-state index is -0.953. The van der Waals surface area contributed by atoms with Crippen molar-refractivity contribution in [2.45, 2.75) is 19.9 Å². The first kappa shape index (κ1) is 17.0. The molecule has 0 bridgehead atoms. The lowest BCUT2D eigenvalue weighted by molar-refractivity contribution is -0.387. The summed E-state index contributed by atoms with van der Waals surface area (Å²) in [4.78, 5) is 24.0. The lowest BCUT2D eigenvalue weighted by Gasteiger charge is -2.25. The van der Waals surface area contributed by atoms with Crippen molar-refractivity contribution < 1.29 is 14.1 Å². The number of hydrogen-bond acceptors (Lipinski definition) is 4. The van der Waals surface area contributed by atoms with E-state index >= 15 is 0 Å². The highest BCUT2D eigenvalue weighted by molar-refractivity contribution is 5.95. The molecule has 0 fully saturated rings. The number of nitro groups is 1. The van der Waals surface area contributed by atoms with E-state index < -0.39 is 22.3 Å². The van der Waals surface area contributed by atoms with Gasteiger partial charge in [0.1, 0.15) is 0 Å². The van der Waals surface area contributed by atoms with E-state index in [1.807, 2.05) is 32.8 Å². The number of nitrogens with zero attached hydrogens (tertiary/aromatic N) is 2. The molecule has 7 heteroatoms. The van der Waals surface area contributed by atoms with Crippen molar-refractivity contribution in [3.05, 3.63) is 39.7 Å². The summed E-state index contributed by atoms with van der Waals surface area (Å²) in [5.41, 5.74) is -0.621. The number of benzene rings is 1. The van der Waals surface area contributed by atoms with Crippen molar-refractivity contribution in [3.8, 4) is 0 Å². The van der Waals surface area contributed by atoms with E-state index in [1.165, 1.54) is 6.07 Å². The summed E-state index contributed by atoms with van der Waals surface area (Å²) in [5, 5.41) is 13.5. The van der Waals surface area contributed by atoms with Crippen LogP contribution in [-0.4, -0.2) is 42.4 Å².